The second kappa shape index (κ2) is 5.49. The van der Waals surface area contributed by atoms with Gasteiger partial charge in [0.25, 0.3) is 0 Å². The zero-order valence-corrected chi connectivity index (χ0v) is 11.5. The summed E-state index contributed by atoms with van der Waals surface area (Å²) >= 11 is 6.19. The van der Waals surface area contributed by atoms with Crippen LogP contribution in [0.3, 0.4) is 0 Å². The number of benzene rings is 2. The first-order chi connectivity index (χ1) is 9.78. The summed E-state index contributed by atoms with van der Waals surface area (Å²) in [5, 5.41) is 2.62. The molecule has 0 radical (unpaired) electrons. The maximum Gasteiger partial charge on any atom is 0.219 e. The largest absolute Gasteiger partial charge is 0.438 e. The second-order valence-corrected chi connectivity index (χ2v) is 4.81. The fourth-order valence-electron chi connectivity index (χ4n) is 2.07. The number of halogens is 1. The molecular weight excluding hydrogens is 272 g/mol. The van der Waals surface area contributed by atoms with Crippen LogP contribution in [0.25, 0.3) is 10.8 Å². The summed E-state index contributed by atoms with van der Waals surface area (Å²) in [7, 11) is 0. The minimum absolute atomic E-state index is 0.459. The van der Waals surface area contributed by atoms with Crippen LogP contribution in [0.1, 0.15) is 5.56 Å². The van der Waals surface area contributed by atoms with Gasteiger partial charge < -0.3 is 10.5 Å². The van der Waals surface area contributed by atoms with Crippen molar-refractivity contribution < 1.29 is 4.74 Å². The number of ether oxygens (including phenoxy) is 1. The van der Waals surface area contributed by atoms with E-state index >= 15 is 0 Å². The molecule has 0 spiro atoms. The molecule has 3 rings (SSSR count). The van der Waals surface area contributed by atoms with E-state index in [0.29, 0.717) is 17.4 Å². The van der Waals surface area contributed by atoms with Crippen molar-refractivity contribution in [1.29, 1.82) is 0 Å². The summed E-state index contributed by atoms with van der Waals surface area (Å²) in [5.41, 5.74) is 6.60. The molecule has 0 aliphatic heterocycles. The van der Waals surface area contributed by atoms with E-state index < -0.39 is 0 Å². The Kier molecular flexibility index (Phi) is 3.54. The van der Waals surface area contributed by atoms with E-state index in [1.807, 2.05) is 48.5 Å². The summed E-state index contributed by atoms with van der Waals surface area (Å²) in [6, 6.07) is 15.2. The molecule has 3 aromatic rings. The number of fused-ring (bicyclic) bond motifs is 1. The van der Waals surface area contributed by atoms with Gasteiger partial charge in [-0.1, -0.05) is 35.9 Å². The van der Waals surface area contributed by atoms with Crippen molar-refractivity contribution >= 4 is 22.4 Å². The van der Waals surface area contributed by atoms with Gasteiger partial charge in [-0.25, -0.2) is 4.98 Å². The van der Waals surface area contributed by atoms with E-state index in [0.717, 1.165) is 22.1 Å². The first kappa shape index (κ1) is 12.9. The molecule has 0 fully saturated rings. The lowest BCUT2D eigenvalue weighted by Crippen LogP contribution is -1.97. The van der Waals surface area contributed by atoms with Gasteiger partial charge in [-0.3, -0.25) is 0 Å². The van der Waals surface area contributed by atoms with E-state index in [9.17, 15) is 0 Å². The van der Waals surface area contributed by atoms with Gasteiger partial charge in [-0.2, -0.15) is 0 Å². The standard InChI is InChI=1S/C16H13ClN2O/c17-14-5-6-15(13-4-2-1-3-12(13)14)20-16-9-11(10-18)7-8-19-16/h1-9H,10,18H2. The van der Waals surface area contributed by atoms with Crippen LogP contribution in [-0.2, 0) is 6.54 Å². The fraction of sp³-hybridized carbons (Fsp3) is 0.0625. The topological polar surface area (TPSA) is 48.1 Å². The number of hydrogen-bond donors (Lipinski definition) is 1. The highest BCUT2D eigenvalue weighted by atomic mass is 35.5. The Morgan fingerprint density at radius 1 is 1.05 bits per heavy atom. The summed E-state index contributed by atoms with van der Waals surface area (Å²) in [6.07, 6.45) is 1.69. The highest BCUT2D eigenvalue weighted by Gasteiger charge is 2.07. The number of nitrogens with zero attached hydrogens (tertiary/aromatic N) is 1. The quantitative estimate of drug-likeness (QED) is 0.786. The SMILES string of the molecule is NCc1ccnc(Oc2ccc(Cl)c3ccccc23)c1. The molecule has 0 aliphatic rings. The Labute approximate surface area is 122 Å². The highest BCUT2D eigenvalue weighted by molar-refractivity contribution is 6.35. The Balaban J connectivity index is 2.04. The van der Waals surface area contributed by atoms with Gasteiger partial charge in [-0.05, 0) is 23.8 Å². The first-order valence-corrected chi connectivity index (χ1v) is 6.66. The van der Waals surface area contributed by atoms with E-state index in [4.69, 9.17) is 22.1 Å². The minimum Gasteiger partial charge on any atom is -0.438 e. The Morgan fingerprint density at radius 3 is 2.65 bits per heavy atom. The minimum atomic E-state index is 0.459. The zero-order valence-electron chi connectivity index (χ0n) is 10.7. The average Bonchev–Trinajstić information content (AvgIpc) is 2.51. The van der Waals surface area contributed by atoms with Crippen LogP contribution in [0.4, 0.5) is 0 Å². The van der Waals surface area contributed by atoms with Gasteiger partial charge in [0, 0.05) is 34.6 Å². The molecule has 100 valence electrons. The molecule has 2 N–H and O–H groups in total. The summed E-state index contributed by atoms with van der Waals surface area (Å²) < 4.78 is 5.86. The van der Waals surface area contributed by atoms with Gasteiger partial charge in [0.05, 0.1) is 0 Å². The van der Waals surface area contributed by atoms with Crippen molar-refractivity contribution in [1.82, 2.24) is 4.98 Å². The molecule has 4 heteroatoms. The van der Waals surface area contributed by atoms with Crippen molar-refractivity contribution in [2.45, 2.75) is 6.54 Å². The van der Waals surface area contributed by atoms with E-state index in [1.165, 1.54) is 0 Å². The van der Waals surface area contributed by atoms with Gasteiger partial charge in [0.2, 0.25) is 5.88 Å². The van der Waals surface area contributed by atoms with E-state index in [2.05, 4.69) is 4.98 Å². The zero-order chi connectivity index (χ0) is 13.9. The van der Waals surface area contributed by atoms with Crippen LogP contribution in [0.15, 0.2) is 54.7 Å². The smallest absolute Gasteiger partial charge is 0.219 e. The van der Waals surface area contributed by atoms with Crippen LogP contribution in [-0.4, -0.2) is 4.98 Å². The van der Waals surface area contributed by atoms with Crippen LogP contribution in [0.2, 0.25) is 5.02 Å². The van der Waals surface area contributed by atoms with Crippen LogP contribution < -0.4 is 10.5 Å². The van der Waals surface area contributed by atoms with Crippen molar-refractivity contribution in [2.24, 2.45) is 5.73 Å². The van der Waals surface area contributed by atoms with Crippen molar-refractivity contribution in [2.75, 3.05) is 0 Å². The average molecular weight is 285 g/mol. The van der Waals surface area contributed by atoms with Crippen molar-refractivity contribution in [3.63, 3.8) is 0 Å². The van der Waals surface area contributed by atoms with Gasteiger partial charge in [0.15, 0.2) is 0 Å². The fourth-order valence-corrected chi connectivity index (χ4v) is 2.30. The highest BCUT2D eigenvalue weighted by Crippen LogP contribution is 2.33. The van der Waals surface area contributed by atoms with Gasteiger partial charge in [-0.15, -0.1) is 0 Å². The maximum atomic E-state index is 6.19. The van der Waals surface area contributed by atoms with Crippen molar-refractivity contribution in [3.8, 4) is 11.6 Å². The molecule has 0 bridgehead atoms. The van der Waals surface area contributed by atoms with Crippen LogP contribution >= 0.6 is 11.6 Å². The molecule has 2 aromatic carbocycles. The number of nitrogens with two attached hydrogens (primary N) is 1. The molecule has 0 unspecified atom stereocenters. The predicted octanol–water partition coefficient (Wildman–Crippen LogP) is 4.14. The molecule has 0 atom stereocenters. The molecule has 1 heterocycles. The summed E-state index contributed by atoms with van der Waals surface area (Å²) in [6.45, 7) is 0.459. The molecule has 0 amide bonds. The normalized spacial score (nSPS) is 10.7. The van der Waals surface area contributed by atoms with Crippen LogP contribution in [0, 0.1) is 0 Å². The summed E-state index contributed by atoms with van der Waals surface area (Å²) in [5.74, 6) is 1.26. The second-order valence-electron chi connectivity index (χ2n) is 4.40. The van der Waals surface area contributed by atoms with E-state index in [1.54, 1.807) is 6.20 Å². The molecule has 3 nitrogen and oxygen atoms in total. The Morgan fingerprint density at radius 2 is 1.85 bits per heavy atom. The number of pyridine rings is 1. The summed E-state index contributed by atoms with van der Waals surface area (Å²) in [4.78, 5) is 4.20. The predicted molar refractivity (Wildman–Crippen MR) is 81.2 cm³/mol. The molecule has 20 heavy (non-hydrogen) atoms. The molecule has 0 saturated carbocycles. The lowest BCUT2D eigenvalue weighted by Gasteiger charge is -2.09. The molecule has 1 aromatic heterocycles. The number of hydrogen-bond acceptors (Lipinski definition) is 3. The lowest BCUT2D eigenvalue weighted by atomic mass is 10.1. The number of rotatable bonds is 3. The third-order valence-corrected chi connectivity index (χ3v) is 3.41. The van der Waals surface area contributed by atoms with E-state index in [-0.39, 0.29) is 0 Å². The lowest BCUT2D eigenvalue weighted by molar-refractivity contribution is 0.467. The monoisotopic (exact) mass is 284 g/mol. The van der Waals surface area contributed by atoms with Gasteiger partial charge in [0.1, 0.15) is 5.75 Å². The Hall–Kier alpha value is -2.10. The van der Waals surface area contributed by atoms with Gasteiger partial charge >= 0.3 is 0 Å². The van der Waals surface area contributed by atoms with Crippen molar-refractivity contribution in [3.05, 3.63) is 65.3 Å². The molecular formula is C16H13ClN2O. The molecule has 0 aliphatic carbocycles. The number of aromatic nitrogens is 1. The Bertz CT molecular complexity index is 758. The first-order valence-electron chi connectivity index (χ1n) is 6.28. The third kappa shape index (κ3) is 2.46. The maximum absolute atomic E-state index is 6.19. The third-order valence-electron chi connectivity index (χ3n) is 3.08. The van der Waals surface area contributed by atoms with Crippen LogP contribution in [0.5, 0.6) is 11.6 Å². The molecule has 0 saturated heterocycles.